The van der Waals surface area contributed by atoms with E-state index in [-0.39, 0.29) is 11.3 Å². The molecule has 21 heavy (non-hydrogen) atoms. The molecule has 1 aromatic rings. The Kier molecular flexibility index (Phi) is 6.04. The second-order valence-corrected chi connectivity index (χ2v) is 4.54. The maximum Gasteiger partial charge on any atom is 0.285 e. The zero-order valence-electron chi connectivity index (χ0n) is 12.1. The fourth-order valence-electron chi connectivity index (χ4n) is 2.02. The van der Waals surface area contributed by atoms with Crippen LogP contribution in [0.25, 0.3) is 0 Å². The van der Waals surface area contributed by atoms with Crippen LogP contribution in [0.4, 0.5) is 15.8 Å². The van der Waals surface area contributed by atoms with Gasteiger partial charge in [0, 0.05) is 13.1 Å². The number of hydrogen-bond acceptors (Lipinski definition) is 5. The van der Waals surface area contributed by atoms with Crippen LogP contribution in [0.15, 0.2) is 12.1 Å². The first-order valence-corrected chi connectivity index (χ1v) is 6.70. The number of nitrogens with zero attached hydrogens (tertiary/aromatic N) is 2. The van der Waals surface area contributed by atoms with Gasteiger partial charge >= 0.3 is 0 Å². The van der Waals surface area contributed by atoms with E-state index in [1.54, 1.807) is 0 Å². The van der Waals surface area contributed by atoms with E-state index in [2.05, 4.69) is 5.43 Å². The molecule has 0 atom stereocenters. The highest BCUT2D eigenvalue weighted by molar-refractivity contribution is 5.99. The third-order valence-corrected chi connectivity index (χ3v) is 2.94. The van der Waals surface area contributed by atoms with Gasteiger partial charge in [0.2, 0.25) is 0 Å². The molecule has 7 nitrogen and oxygen atoms in total. The van der Waals surface area contributed by atoms with E-state index in [0.29, 0.717) is 19.2 Å². The van der Waals surface area contributed by atoms with Crippen molar-refractivity contribution >= 4 is 17.3 Å². The zero-order chi connectivity index (χ0) is 16.0. The molecule has 0 fully saturated rings. The molecule has 0 radical (unpaired) electrons. The molecule has 1 aromatic carbocycles. The summed E-state index contributed by atoms with van der Waals surface area (Å²) in [7, 11) is 0. The average Bonchev–Trinajstić information content (AvgIpc) is 2.45. The van der Waals surface area contributed by atoms with Crippen LogP contribution in [0, 0.1) is 15.9 Å². The molecule has 0 bridgehead atoms. The minimum Gasteiger partial charge on any atom is -0.338 e. The summed E-state index contributed by atoms with van der Waals surface area (Å²) in [4.78, 5) is 24.2. The molecule has 3 N–H and O–H groups in total. The van der Waals surface area contributed by atoms with Crippen molar-refractivity contribution in [3.8, 4) is 0 Å². The second-order valence-electron chi connectivity index (χ2n) is 4.54. The summed E-state index contributed by atoms with van der Waals surface area (Å²) in [6.45, 7) is 4.77. The van der Waals surface area contributed by atoms with Gasteiger partial charge in [0.25, 0.3) is 11.6 Å². The number of nitrogen functional groups attached to an aromatic ring is 1. The molecular weight excluding hydrogens is 279 g/mol. The topological polar surface area (TPSA) is 102 Å². The van der Waals surface area contributed by atoms with Gasteiger partial charge in [-0.15, -0.1) is 0 Å². The Morgan fingerprint density at radius 2 is 1.95 bits per heavy atom. The van der Waals surface area contributed by atoms with Crippen LogP contribution in [0.2, 0.25) is 0 Å². The van der Waals surface area contributed by atoms with Gasteiger partial charge in [-0.25, -0.2) is 4.39 Å². The molecule has 0 heterocycles. The molecule has 0 saturated carbocycles. The lowest BCUT2D eigenvalue weighted by Gasteiger charge is -2.21. The smallest absolute Gasteiger partial charge is 0.285 e. The third-order valence-electron chi connectivity index (χ3n) is 2.94. The van der Waals surface area contributed by atoms with Crippen LogP contribution in [0.5, 0.6) is 0 Å². The van der Waals surface area contributed by atoms with Gasteiger partial charge in [-0.05, 0) is 18.9 Å². The molecular formula is C13H19FN4O3. The summed E-state index contributed by atoms with van der Waals surface area (Å²) in [5.74, 6) is 3.78. The summed E-state index contributed by atoms with van der Waals surface area (Å²) in [6, 6.07) is 1.78. The van der Waals surface area contributed by atoms with Crippen molar-refractivity contribution in [1.29, 1.82) is 0 Å². The molecule has 1 amide bonds. The standard InChI is InChI=1S/C13H19FN4O3/c1-3-5-17(6-4-2)13(19)9-7-11(16-15)10(14)8-12(9)18(20)21/h7-8,16H,3-6,15H2,1-2H3. The van der Waals surface area contributed by atoms with E-state index in [9.17, 15) is 19.3 Å². The summed E-state index contributed by atoms with van der Waals surface area (Å²) >= 11 is 0. The lowest BCUT2D eigenvalue weighted by molar-refractivity contribution is -0.385. The van der Waals surface area contributed by atoms with Gasteiger partial charge < -0.3 is 10.3 Å². The number of anilines is 1. The molecule has 0 spiro atoms. The van der Waals surface area contributed by atoms with Crippen molar-refractivity contribution in [1.82, 2.24) is 4.90 Å². The first-order chi connectivity index (χ1) is 9.96. The number of benzene rings is 1. The first-order valence-electron chi connectivity index (χ1n) is 6.70. The SMILES string of the molecule is CCCN(CCC)C(=O)c1cc(NN)c(F)cc1[N+](=O)[O-]. The van der Waals surface area contributed by atoms with Crippen molar-refractivity contribution in [3.63, 3.8) is 0 Å². The lowest BCUT2D eigenvalue weighted by atomic mass is 10.1. The fourth-order valence-corrected chi connectivity index (χ4v) is 2.02. The molecule has 0 aromatic heterocycles. The van der Waals surface area contributed by atoms with Gasteiger partial charge in [-0.3, -0.25) is 20.8 Å². The molecule has 0 aliphatic carbocycles. The molecule has 0 aliphatic rings. The molecule has 8 heteroatoms. The normalized spacial score (nSPS) is 10.3. The number of nitrogens with two attached hydrogens (primary N) is 1. The van der Waals surface area contributed by atoms with Crippen molar-refractivity contribution < 1.29 is 14.1 Å². The summed E-state index contributed by atoms with van der Waals surface area (Å²) in [5.41, 5.74) is 1.20. The van der Waals surface area contributed by atoms with Gasteiger partial charge in [0.05, 0.1) is 16.7 Å². The maximum absolute atomic E-state index is 13.6. The molecule has 0 saturated heterocycles. The summed E-state index contributed by atoms with van der Waals surface area (Å²) in [5, 5.41) is 11.0. The van der Waals surface area contributed by atoms with E-state index in [1.165, 1.54) is 4.90 Å². The zero-order valence-corrected chi connectivity index (χ0v) is 12.1. The Morgan fingerprint density at radius 3 is 2.38 bits per heavy atom. The number of hydrogen-bond donors (Lipinski definition) is 2. The number of carbonyl (C=O) groups is 1. The quantitative estimate of drug-likeness (QED) is 0.457. The Hall–Kier alpha value is -2.22. The van der Waals surface area contributed by atoms with Gasteiger partial charge in [-0.2, -0.15) is 0 Å². The molecule has 116 valence electrons. The Labute approximate surface area is 122 Å². The minimum absolute atomic E-state index is 0.156. The number of halogens is 1. The summed E-state index contributed by atoms with van der Waals surface area (Å²) < 4.78 is 13.6. The van der Waals surface area contributed by atoms with Crippen molar-refractivity contribution in [2.45, 2.75) is 26.7 Å². The monoisotopic (exact) mass is 298 g/mol. The van der Waals surface area contributed by atoms with Crippen molar-refractivity contribution in [2.75, 3.05) is 18.5 Å². The van der Waals surface area contributed by atoms with Crippen LogP contribution >= 0.6 is 0 Å². The van der Waals surface area contributed by atoms with Crippen LogP contribution < -0.4 is 11.3 Å². The van der Waals surface area contributed by atoms with Crippen molar-refractivity contribution in [2.24, 2.45) is 5.84 Å². The number of carbonyl (C=O) groups excluding carboxylic acids is 1. The van der Waals surface area contributed by atoms with E-state index in [0.717, 1.165) is 18.9 Å². The number of rotatable bonds is 7. The highest BCUT2D eigenvalue weighted by Crippen LogP contribution is 2.27. The molecule has 0 aliphatic heterocycles. The minimum atomic E-state index is -0.877. The van der Waals surface area contributed by atoms with Gasteiger partial charge in [-0.1, -0.05) is 13.8 Å². The highest BCUT2D eigenvalue weighted by Gasteiger charge is 2.26. The predicted molar refractivity (Wildman–Crippen MR) is 77.4 cm³/mol. The number of hydrazine groups is 1. The number of amides is 1. The van der Waals surface area contributed by atoms with Crippen LogP contribution in [0.1, 0.15) is 37.0 Å². The average molecular weight is 298 g/mol. The largest absolute Gasteiger partial charge is 0.338 e. The molecule has 1 rings (SSSR count). The highest BCUT2D eigenvalue weighted by atomic mass is 19.1. The Balaban J connectivity index is 3.31. The second kappa shape index (κ2) is 7.53. The number of nitro groups is 1. The van der Waals surface area contributed by atoms with Crippen molar-refractivity contribution in [3.05, 3.63) is 33.6 Å². The predicted octanol–water partition coefficient (Wildman–Crippen LogP) is 2.28. The van der Waals surface area contributed by atoms with E-state index >= 15 is 0 Å². The Morgan fingerprint density at radius 1 is 1.38 bits per heavy atom. The lowest BCUT2D eigenvalue weighted by Crippen LogP contribution is -2.33. The third kappa shape index (κ3) is 3.88. The summed E-state index contributed by atoms with van der Waals surface area (Å²) in [6.07, 6.45) is 1.45. The van der Waals surface area contributed by atoms with E-state index < -0.39 is 22.3 Å². The maximum atomic E-state index is 13.6. The van der Waals surface area contributed by atoms with Gasteiger partial charge in [0.1, 0.15) is 5.56 Å². The Bertz CT molecular complexity index is 530. The first kappa shape index (κ1) is 16.8. The van der Waals surface area contributed by atoms with Crippen LogP contribution in [0.3, 0.4) is 0 Å². The number of nitro benzene ring substituents is 1. The number of nitrogens with one attached hydrogen (secondary N) is 1. The van der Waals surface area contributed by atoms with E-state index in [4.69, 9.17) is 5.84 Å². The molecule has 0 unspecified atom stereocenters. The van der Waals surface area contributed by atoms with E-state index in [1.807, 2.05) is 13.8 Å². The van der Waals surface area contributed by atoms with Gasteiger partial charge in [0.15, 0.2) is 5.82 Å². The van der Waals surface area contributed by atoms with Crippen LogP contribution in [-0.2, 0) is 0 Å². The van der Waals surface area contributed by atoms with Crippen LogP contribution in [-0.4, -0.2) is 28.8 Å². The fraction of sp³-hybridized carbons (Fsp3) is 0.462.